The van der Waals surface area contributed by atoms with Gasteiger partial charge in [-0.1, -0.05) is 0 Å². The Kier molecular flexibility index (Phi) is 4.81. The number of morpholine rings is 1. The molecule has 3 N–H and O–H groups in total. The molecule has 2 rings (SSSR count). The zero-order chi connectivity index (χ0) is 14.5. The fourth-order valence-electron chi connectivity index (χ4n) is 2.17. The van der Waals surface area contributed by atoms with Crippen molar-refractivity contribution in [2.24, 2.45) is 0 Å². The van der Waals surface area contributed by atoms with Crippen molar-refractivity contribution in [3.05, 3.63) is 23.8 Å². The van der Waals surface area contributed by atoms with Crippen LogP contribution in [0.15, 0.2) is 18.2 Å². The zero-order valence-electron chi connectivity index (χ0n) is 11.9. The van der Waals surface area contributed by atoms with Crippen LogP contribution in [0.25, 0.3) is 0 Å². The van der Waals surface area contributed by atoms with Gasteiger partial charge in [0, 0.05) is 37.0 Å². The largest absolute Gasteiger partial charge is 0.497 e. The Morgan fingerprint density at radius 1 is 1.55 bits per heavy atom. The molecule has 1 amide bonds. The lowest BCUT2D eigenvalue weighted by Gasteiger charge is -2.30. The molecule has 110 valence electrons. The van der Waals surface area contributed by atoms with Gasteiger partial charge in [0.25, 0.3) is 5.91 Å². The third-order valence-electron chi connectivity index (χ3n) is 3.26. The standard InChI is InChI=1S/C14H21N3O3/c1-17-3-4-20-13(9-17)8-16-14(18)10-5-11(15)7-12(6-10)19-2/h5-7,13H,3-4,8-9,15H2,1-2H3,(H,16,18). The van der Waals surface area contributed by atoms with Crippen LogP contribution >= 0.6 is 0 Å². The number of likely N-dealkylation sites (N-methyl/N-ethyl adjacent to an activating group) is 1. The molecular formula is C14H21N3O3. The average Bonchev–Trinajstić information content (AvgIpc) is 2.44. The molecule has 1 fully saturated rings. The summed E-state index contributed by atoms with van der Waals surface area (Å²) in [6.07, 6.45) is 0.0284. The van der Waals surface area contributed by atoms with E-state index in [0.717, 1.165) is 13.1 Å². The van der Waals surface area contributed by atoms with E-state index in [0.29, 0.717) is 30.2 Å². The van der Waals surface area contributed by atoms with Gasteiger partial charge in [0.15, 0.2) is 0 Å². The summed E-state index contributed by atoms with van der Waals surface area (Å²) < 4.78 is 10.7. The Bertz CT molecular complexity index is 479. The fraction of sp³-hybridized carbons (Fsp3) is 0.500. The number of hydrogen-bond acceptors (Lipinski definition) is 5. The van der Waals surface area contributed by atoms with Crippen LogP contribution in [0.3, 0.4) is 0 Å². The number of carbonyl (C=O) groups is 1. The van der Waals surface area contributed by atoms with E-state index in [1.54, 1.807) is 25.3 Å². The summed E-state index contributed by atoms with van der Waals surface area (Å²) in [5, 5.41) is 2.87. The first-order chi connectivity index (χ1) is 9.58. The summed E-state index contributed by atoms with van der Waals surface area (Å²) in [6.45, 7) is 2.93. The maximum atomic E-state index is 12.1. The number of hydrogen-bond donors (Lipinski definition) is 2. The van der Waals surface area contributed by atoms with E-state index in [9.17, 15) is 4.79 Å². The molecule has 1 aromatic carbocycles. The minimum Gasteiger partial charge on any atom is -0.497 e. The smallest absolute Gasteiger partial charge is 0.251 e. The number of nitrogen functional groups attached to an aromatic ring is 1. The summed E-state index contributed by atoms with van der Waals surface area (Å²) >= 11 is 0. The van der Waals surface area contributed by atoms with E-state index in [1.165, 1.54) is 0 Å². The predicted molar refractivity (Wildman–Crippen MR) is 77.0 cm³/mol. The Morgan fingerprint density at radius 3 is 3.05 bits per heavy atom. The highest BCUT2D eigenvalue weighted by atomic mass is 16.5. The number of nitrogens with zero attached hydrogens (tertiary/aromatic N) is 1. The molecule has 1 aromatic rings. The van der Waals surface area contributed by atoms with E-state index in [1.807, 2.05) is 7.05 Å². The van der Waals surface area contributed by atoms with Crippen LogP contribution in [0, 0.1) is 0 Å². The monoisotopic (exact) mass is 279 g/mol. The van der Waals surface area contributed by atoms with Crippen LogP contribution in [-0.2, 0) is 4.74 Å². The van der Waals surface area contributed by atoms with Crippen LogP contribution < -0.4 is 15.8 Å². The number of benzene rings is 1. The van der Waals surface area contributed by atoms with Crippen LogP contribution in [0.2, 0.25) is 0 Å². The number of amides is 1. The molecule has 0 spiro atoms. The topological polar surface area (TPSA) is 76.8 Å². The Hall–Kier alpha value is -1.79. The van der Waals surface area contributed by atoms with Gasteiger partial charge in [0.1, 0.15) is 5.75 Å². The molecule has 20 heavy (non-hydrogen) atoms. The highest BCUT2D eigenvalue weighted by molar-refractivity contribution is 5.95. The number of nitrogens with two attached hydrogens (primary N) is 1. The van der Waals surface area contributed by atoms with Crippen LogP contribution in [0.1, 0.15) is 10.4 Å². The Labute approximate surface area is 118 Å². The minimum atomic E-state index is -0.174. The summed E-state index contributed by atoms with van der Waals surface area (Å²) in [4.78, 5) is 14.3. The lowest BCUT2D eigenvalue weighted by molar-refractivity contribution is -0.0175. The normalized spacial score (nSPS) is 19.6. The third-order valence-corrected chi connectivity index (χ3v) is 3.26. The molecular weight excluding hydrogens is 258 g/mol. The van der Waals surface area contributed by atoms with Crippen molar-refractivity contribution in [3.63, 3.8) is 0 Å². The predicted octanol–water partition coefficient (Wildman–Crippen LogP) is 0.338. The van der Waals surface area contributed by atoms with Gasteiger partial charge in [-0.05, 0) is 19.2 Å². The highest BCUT2D eigenvalue weighted by Crippen LogP contribution is 2.18. The van der Waals surface area contributed by atoms with Gasteiger partial charge in [0.2, 0.25) is 0 Å². The Balaban J connectivity index is 1.93. The van der Waals surface area contributed by atoms with Crippen LogP contribution in [-0.4, -0.2) is 57.3 Å². The van der Waals surface area contributed by atoms with E-state index >= 15 is 0 Å². The van der Waals surface area contributed by atoms with Gasteiger partial charge >= 0.3 is 0 Å². The minimum absolute atomic E-state index is 0.0284. The van der Waals surface area contributed by atoms with Gasteiger partial charge < -0.3 is 25.4 Å². The van der Waals surface area contributed by atoms with Crippen molar-refractivity contribution in [1.29, 1.82) is 0 Å². The van der Waals surface area contributed by atoms with Crippen LogP contribution in [0.4, 0.5) is 5.69 Å². The molecule has 1 atom stereocenters. The van der Waals surface area contributed by atoms with Crippen molar-refractivity contribution >= 4 is 11.6 Å². The second-order valence-corrected chi connectivity index (χ2v) is 4.96. The van der Waals surface area contributed by atoms with Crippen LogP contribution in [0.5, 0.6) is 5.75 Å². The molecule has 0 aliphatic carbocycles. The van der Waals surface area contributed by atoms with Gasteiger partial charge in [-0.25, -0.2) is 0 Å². The molecule has 0 bridgehead atoms. The number of rotatable bonds is 4. The second kappa shape index (κ2) is 6.58. The van der Waals surface area contributed by atoms with Crippen molar-refractivity contribution < 1.29 is 14.3 Å². The maximum absolute atomic E-state index is 12.1. The van der Waals surface area contributed by atoms with Gasteiger partial charge in [0.05, 0.1) is 19.8 Å². The first-order valence-corrected chi connectivity index (χ1v) is 6.61. The molecule has 1 saturated heterocycles. The van der Waals surface area contributed by atoms with E-state index in [2.05, 4.69) is 10.2 Å². The zero-order valence-corrected chi connectivity index (χ0v) is 11.9. The lowest BCUT2D eigenvalue weighted by Crippen LogP contribution is -2.45. The van der Waals surface area contributed by atoms with Crippen molar-refractivity contribution in [3.8, 4) is 5.75 Å². The van der Waals surface area contributed by atoms with Crippen molar-refractivity contribution in [2.75, 3.05) is 46.1 Å². The number of anilines is 1. The van der Waals surface area contributed by atoms with Gasteiger partial charge in [-0.2, -0.15) is 0 Å². The van der Waals surface area contributed by atoms with Crippen molar-refractivity contribution in [2.45, 2.75) is 6.10 Å². The quantitative estimate of drug-likeness (QED) is 0.777. The molecule has 1 aliphatic heterocycles. The molecule has 0 radical (unpaired) electrons. The number of carbonyl (C=O) groups excluding carboxylic acids is 1. The number of nitrogens with one attached hydrogen (secondary N) is 1. The van der Waals surface area contributed by atoms with E-state index in [-0.39, 0.29) is 12.0 Å². The highest BCUT2D eigenvalue weighted by Gasteiger charge is 2.18. The number of ether oxygens (including phenoxy) is 2. The molecule has 1 aliphatic rings. The molecule has 0 saturated carbocycles. The number of methoxy groups -OCH3 is 1. The second-order valence-electron chi connectivity index (χ2n) is 4.96. The maximum Gasteiger partial charge on any atom is 0.251 e. The van der Waals surface area contributed by atoms with Gasteiger partial charge in [-0.15, -0.1) is 0 Å². The first kappa shape index (κ1) is 14.6. The summed E-state index contributed by atoms with van der Waals surface area (Å²) in [5.41, 5.74) is 6.73. The molecule has 6 nitrogen and oxygen atoms in total. The van der Waals surface area contributed by atoms with Crippen molar-refractivity contribution in [1.82, 2.24) is 10.2 Å². The molecule has 1 heterocycles. The molecule has 1 unspecified atom stereocenters. The Morgan fingerprint density at radius 2 is 2.35 bits per heavy atom. The summed E-state index contributed by atoms with van der Waals surface area (Å²) in [5.74, 6) is 0.399. The molecule has 0 aromatic heterocycles. The summed E-state index contributed by atoms with van der Waals surface area (Å²) in [6, 6.07) is 4.97. The SMILES string of the molecule is COc1cc(N)cc(C(=O)NCC2CN(C)CCO2)c1. The summed E-state index contributed by atoms with van der Waals surface area (Å²) in [7, 11) is 3.59. The lowest BCUT2D eigenvalue weighted by atomic mass is 10.1. The van der Waals surface area contributed by atoms with E-state index in [4.69, 9.17) is 15.2 Å². The molecule has 6 heteroatoms. The first-order valence-electron chi connectivity index (χ1n) is 6.61. The van der Waals surface area contributed by atoms with E-state index < -0.39 is 0 Å². The van der Waals surface area contributed by atoms with Gasteiger partial charge in [-0.3, -0.25) is 4.79 Å². The average molecular weight is 279 g/mol. The third kappa shape index (κ3) is 3.85. The fourth-order valence-corrected chi connectivity index (χ4v) is 2.17.